The Bertz CT molecular complexity index is 1390. The molecule has 51 heavy (non-hydrogen) atoms. The number of hydrogen-bond donors (Lipinski definition) is 9. The summed E-state index contributed by atoms with van der Waals surface area (Å²) in [6.45, 7) is 0. The van der Waals surface area contributed by atoms with Crippen LogP contribution in [-0.4, -0.2) is 66.5 Å². The molecule has 0 aromatic heterocycles. The van der Waals surface area contributed by atoms with Crippen molar-refractivity contribution in [2.45, 2.75) is 152 Å². The summed E-state index contributed by atoms with van der Waals surface area (Å²) in [6, 6.07) is 6.96. The average Bonchev–Trinajstić information content (AvgIpc) is 3.87. The van der Waals surface area contributed by atoms with Crippen LogP contribution < -0.4 is 47.3 Å². The van der Waals surface area contributed by atoms with Crippen molar-refractivity contribution in [3.8, 4) is 5.75 Å². The first-order chi connectivity index (χ1) is 24.6. The normalized spacial score (nSPS) is 48.7. The summed E-state index contributed by atoms with van der Waals surface area (Å²) in [5.74, 6) is 4.79. The molecule has 17 unspecified atom stereocenters. The van der Waals surface area contributed by atoms with Gasteiger partial charge < -0.3 is 9.84 Å². The molecule has 9 fully saturated rings. The Morgan fingerprint density at radius 3 is 1.12 bits per heavy atom. The summed E-state index contributed by atoms with van der Waals surface area (Å²) < 4.78 is 6.58. The number of fused-ring (bicyclic) bond motifs is 20. The van der Waals surface area contributed by atoms with Crippen molar-refractivity contribution in [3.63, 3.8) is 0 Å². The molecule has 17 atom stereocenters. The van der Waals surface area contributed by atoms with Gasteiger partial charge in [0.2, 0.25) is 0 Å². The molecule has 12 heteroatoms. The first kappa shape index (κ1) is 35.5. The van der Waals surface area contributed by atoms with E-state index >= 15 is 0 Å². The molecular weight excluding hydrogens is 694 g/mol. The molecule has 11 nitrogen and oxygen atoms in total. The molecule has 8 bridgehead atoms. The average molecular weight is 754 g/mol. The smallest absolute Gasteiger partial charge is 0.335 e. The van der Waals surface area contributed by atoms with E-state index in [9.17, 15) is 9.90 Å². The number of ether oxygens (including phenoxy) is 1. The fourth-order valence-electron chi connectivity index (χ4n) is 12.9. The molecule has 10 rings (SSSR count). The van der Waals surface area contributed by atoms with Gasteiger partial charge >= 0.3 is 5.97 Å². The van der Waals surface area contributed by atoms with Crippen molar-refractivity contribution in [2.75, 3.05) is 0 Å². The number of carboxylic acid groups (broad SMARTS) is 1. The molecule has 1 aromatic rings. The Labute approximate surface area is 316 Å². The Morgan fingerprint density at radius 2 is 0.784 bits per heavy atom. The first-order valence-corrected chi connectivity index (χ1v) is 20.6. The van der Waals surface area contributed by atoms with Crippen LogP contribution in [0.4, 0.5) is 0 Å². The molecule has 9 N–H and O–H groups in total. The molecule has 276 valence electrons. The van der Waals surface area contributed by atoms with Gasteiger partial charge in [0.1, 0.15) is 5.75 Å². The predicted molar refractivity (Wildman–Crippen MR) is 190 cm³/mol. The molecule has 0 amide bonds. The van der Waals surface area contributed by atoms with Crippen LogP contribution in [0.3, 0.4) is 0 Å². The molecule has 9 aliphatic rings. The van der Waals surface area contributed by atoms with Gasteiger partial charge in [-0.25, -0.2) is 4.79 Å². The number of rotatable bonds is 3. The maximum Gasteiger partial charge on any atom is 0.335 e. The third-order valence-corrected chi connectivity index (χ3v) is 15.2. The molecule has 5 aliphatic heterocycles. The molecule has 0 radical (unpaired) electrons. The third-order valence-electron chi connectivity index (χ3n) is 15.2. The zero-order valence-corrected chi connectivity index (χ0v) is 33.2. The van der Waals surface area contributed by atoms with Crippen LogP contribution in [0.15, 0.2) is 24.3 Å². The molecule has 0 spiro atoms. The largest absolute Gasteiger partial charge is 0.490 e. The van der Waals surface area contributed by atoms with E-state index in [0.29, 0.717) is 83.7 Å². The summed E-state index contributed by atoms with van der Waals surface area (Å²) in [6.07, 6.45) is 21.6. The molecular formula is C39H60N8O3Zn. The van der Waals surface area contributed by atoms with Crippen molar-refractivity contribution >= 4 is 5.97 Å². The second-order valence-electron chi connectivity index (χ2n) is 17.7. The minimum atomic E-state index is -0.901. The van der Waals surface area contributed by atoms with E-state index in [-0.39, 0.29) is 44.1 Å². The minimum Gasteiger partial charge on any atom is -0.490 e. The number of benzene rings is 1. The Kier molecular flexibility index (Phi) is 10.3. The van der Waals surface area contributed by atoms with Gasteiger partial charge in [-0.05, 0) is 129 Å². The SMILES string of the molecule is O=C(O)c1ccc(OC2CCC3C4NC5NC(NC6NC(NC7NC(NC(N4)C3C2)C2CCCCC72)C2CCCCC62)C2CCCCC52)cc1.[Zn]. The number of carbonyl (C=O) groups is 1. The van der Waals surface area contributed by atoms with Crippen molar-refractivity contribution in [1.29, 1.82) is 0 Å². The zero-order valence-electron chi connectivity index (χ0n) is 30.2. The molecule has 1 aromatic carbocycles. The van der Waals surface area contributed by atoms with Crippen molar-refractivity contribution in [1.82, 2.24) is 42.5 Å². The van der Waals surface area contributed by atoms with Gasteiger partial charge in [-0.15, -0.1) is 0 Å². The van der Waals surface area contributed by atoms with E-state index in [1.54, 1.807) is 12.1 Å². The molecule has 4 aliphatic carbocycles. The maximum absolute atomic E-state index is 11.4. The second kappa shape index (κ2) is 14.8. The Hall–Kier alpha value is -1.21. The zero-order chi connectivity index (χ0) is 33.3. The summed E-state index contributed by atoms with van der Waals surface area (Å²) in [4.78, 5) is 11.4. The number of nitrogens with one attached hydrogen (secondary N) is 8. The van der Waals surface area contributed by atoms with Gasteiger partial charge in [-0.3, -0.25) is 42.5 Å². The van der Waals surface area contributed by atoms with Gasteiger partial charge in [-0.2, -0.15) is 0 Å². The van der Waals surface area contributed by atoms with Crippen LogP contribution in [0.25, 0.3) is 0 Å². The third kappa shape index (κ3) is 6.65. The first-order valence-electron chi connectivity index (χ1n) is 20.6. The van der Waals surface area contributed by atoms with Crippen LogP contribution in [0, 0.1) is 47.3 Å². The van der Waals surface area contributed by atoms with E-state index in [0.717, 1.165) is 25.0 Å². The second-order valence-corrected chi connectivity index (χ2v) is 17.7. The quantitative estimate of drug-likeness (QED) is 0.210. The minimum absolute atomic E-state index is 0. The van der Waals surface area contributed by atoms with E-state index in [1.807, 2.05) is 12.1 Å². The topological polar surface area (TPSA) is 143 Å². The van der Waals surface area contributed by atoms with Crippen molar-refractivity contribution in [3.05, 3.63) is 29.8 Å². The van der Waals surface area contributed by atoms with Gasteiger partial charge in [0.15, 0.2) is 0 Å². The maximum atomic E-state index is 11.4. The van der Waals surface area contributed by atoms with Crippen LogP contribution in [0.1, 0.15) is 107 Å². The van der Waals surface area contributed by atoms with E-state index < -0.39 is 5.97 Å². The van der Waals surface area contributed by atoms with Crippen LogP contribution in [0.5, 0.6) is 5.75 Å². The van der Waals surface area contributed by atoms with Gasteiger partial charge in [0, 0.05) is 19.5 Å². The van der Waals surface area contributed by atoms with E-state index in [2.05, 4.69) is 42.5 Å². The predicted octanol–water partition coefficient (Wildman–Crippen LogP) is 3.36. The van der Waals surface area contributed by atoms with Gasteiger partial charge in [0.25, 0.3) is 0 Å². The summed E-state index contributed by atoms with van der Waals surface area (Å²) in [7, 11) is 0. The van der Waals surface area contributed by atoms with Crippen LogP contribution in [0.2, 0.25) is 0 Å². The molecule has 5 heterocycles. The Morgan fingerprint density at radius 1 is 0.471 bits per heavy atom. The fraction of sp³-hybridized carbons (Fsp3) is 0.821. The van der Waals surface area contributed by atoms with Crippen molar-refractivity contribution < 1.29 is 34.1 Å². The van der Waals surface area contributed by atoms with Crippen molar-refractivity contribution in [2.24, 2.45) is 47.3 Å². The van der Waals surface area contributed by atoms with E-state index in [1.165, 1.54) is 77.0 Å². The number of aromatic carboxylic acids is 1. The van der Waals surface area contributed by atoms with Gasteiger partial charge in [0.05, 0.1) is 61.0 Å². The molecule has 5 saturated heterocycles. The fourth-order valence-corrected chi connectivity index (χ4v) is 12.9. The summed E-state index contributed by atoms with van der Waals surface area (Å²) in [5, 5.41) is 43.1. The van der Waals surface area contributed by atoms with Crippen LogP contribution in [-0.2, 0) is 19.5 Å². The van der Waals surface area contributed by atoms with Crippen LogP contribution >= 0.6 is 0 Å². The Balaban J connectivity index is 0.00000348. The summed E-state index contributed by atoms with van der Waals surface area (Å²) in [5.41, 5.74) is 0.299. The standard InChI is InChI=1S/C39H60N8O3.Zn/c48-39(49)20-13-15-21(16-14-20)50-22-17-18-29-30(19-22)38-46-36-28-12-6-5-11-27(28)34(44-36)42-32-24-8-2-1-7-23(24)31(40-32)41-33-25-9-3-4-10-26(25)35(43-33)45-37(29)47-38;/h13-16,22-38,40-47H,1-12,17-19H2,(H,48,49);. The summed E-state index contributed by atoms with van der Waals surface area (Å²) >= 11 is 0. The number of carboxylic acids is 1. The van der Waals surface area contributed by atoms with Gasteiger partial charge in [-0.1, -0.05) is 38.5 Å². The van der Waals surface area contributed by atoms with E-state index in [4.69, 9.17) is 4.74 Å². The number of hydrogen-bond acceptors (Lipinski definition) is 10. The monoisotopic (exact) mass is 752 g/mol. The molecule has 4 saturated carbocycles.